The van der Waals surface area contributed by atoms with Crippen LogP contribution in [0.3, 0.4) is 0 Å². The molecule has 0 aliphatic rings. The van der Waals surface area contributed by atoms with E-state index in [2.05, 4.69) is 28.2 Å². The first-order valence-corrected chi connectivity index (χ1v) is 11.3. The highest BCUT2D eigenvalue weighted by Crippen LogP contribution is 2.36. The van der Waals surface area contributed by atoms with Crippen LogP contribution in [-0.2, 0) is 16.0 Å². The van der Waals surface area contributed by atoms with Crippen molar-refractivity contribution in [1.82, 2.24) is 0 Å². The maximum absolute atomic E-state index is 12.6. The van der Waals surface area contributed by atoms with Gasteiger partial charge in [0.1, 0.15) is 16.3 Å². The van der Waals surface area contributed by atoms with E-state index in [0.29, 0.717) is 16.3 Å². The Morgan fingerprint density at radius 2 is 1.80 bits per heavy atom. The number of benzene rings is 2. The van der Waals surface area contributed by atoms with Gasteiger partial charge in [-0.05, 0) is 52.5 Å². The lowest BCUT2D eigenvalue weighted by atomic mass is 10.0. The average Bonchev–Trinajstić information content (AvgIpc) is 3.17. The fourth-order valence-corrected chi connectivity index (χ4v) is 4.23. The molecule has 1 heterocycles. The van der Waals surface area contributed by atoms with Crippen LogP contribution in [0.2, 0.25) is 0 Å². The van der Waals surface area contributed by atoms with Gasteiger partial charge in [0.2, 0.25) is 0 Å². The van der Waals surface area contributed by atoms with Gasteiger partial charge in [0, 0.05) is 10.9 Å². The highest BCUT2D eigenvalue weighted by atomic mass is 79.9. The average molecular weight is 488 g/mol. The van der Waals surface area contributed by atoms with Crippen LogP contribution < -0.4 is 10.1 Å². The lowest BCUT2D eigenvalue weighted by Gasteiger charge is -2.10. The Bertz CT molecular complexity index is 1030. The summed E-state index contributed by atoms with van der Waals surface area (Å²) >= 11 is 4.68. The smallest absolute Gasteiger partial charge is 0.341 e. The Morgan fingerprint density at radius 3 is 2.47 bits per heavy atom. The third kappa shape index (κ3) is 5.29. The molecule has 0 aliphatic carbocycles. The Labute approximate surface area is 188 Å². The number of hydrogen-bond donors (Lipinski definition) is 1. The van der Waals surface area contributed by atoms with E-state index in [1.807, 2.05) is 47.8 Å². The molecule has 0 bridgehead atoms. The topological polar surface area (TPSA) is 64.6 Å². The van der Waals surface area contributed by atoms with Gasteiger partial charge in [-0.25, -0.2) is 4.79 Å². The summed E-state index contributed by atoms with van der Waals surface area (Å²) in [5, 5.41) is 5.10. The van der Waals surface area contributed by atoms with Gasteiger partial charge in [0.15, 0.2) is 6.61 Å². The maximum Gasteiger partial charge on any atom is 0.341 e. The molecule has 0 saturated carbocycles. The Hall–Kier alpha value is -2.64. The number of halogens is 1. The molecular formula is C23H22BrNO4S. The second-order valence-corrected chi connectivity index (χ2v) is 8.13. The third-order valence-corrected chi connectivity index (χ3v) is 5.94. The molecule has 0 fully saturated rings. The number of esters is 1. The van der Waals surface area contributed by atoms with Crippen LogP contribution in [-0.4, -0.2) is 25.1 Å². The van der Waals surface area contributed by atoms with Crippen LogP contribution in [0.5, 0.6) is 5.75 Å². The second-order valence-electron chi connectivity index (χ2n) is 6.39. The minimum absolute atomic E-state index is 0.177. The summed E-state index contributed by atoms with van der Waals surface area (Å²) in [7, 11) is 0. The zero-order valence-electron chi connectivity index (χ0n) is 16.7. The highest BCUT2D eigenvalue weighted by Gasteiger charge is 2.23. The summed E-state index contributed by atoms with van der Waals surface area (Å²) in [6, 6.07) is 15.3. The minimum Gasteiger partial charge on any atom is -0.483 e. The molecule has 3 rings (SSSR count). The molecule has 0 unspecified atom stereocenters. The van der Waals surface area contributed by atoms with Gasteiger partial charge >= 0.3 is 5.97 Å². The van der Waals surface area contributed by atoms with Crippen LogP contribution in [0, 0.1) is 0 Å². The van der Waals surface area contributed by atoms with Crippen molar-refractivity contribution < 1.29 is 19.1 Å². The molecule has 0 radical (unpaired) electrons. The summed E-state index contributed by atoms with van der Waals surface area (Å²) in [4.78, 5) is 25.1. The molecule has 0 saturated heterocycles. The number of rotatable bonds is 8. The largest absolute Gasteiger partial charge is 0.483 e. The molecule has 5 nitrogen and oxygen atoms in total. The first-order chi connectivity index (χ1) is 14.5. The normalized spacial score (nSPS) is 10.5. The van der Waals surface area contributed by atoms with Crippen molar-refractivity contribution >= 4 is 44.1 Å². The van der Waals surface area contributed by atoms with Crippen LogP contribution in [0.1, 0.15) is 29.8 Å². The molecule has 7 heteroatoms. The SMILES string of the molecule is CCOC(=O)c1c(-c2ccc(CC)cc2)csc1NC(=O)COc1ccccc1Br. The molecule has 2 aromatic carbocycles. The van der Waals surface area contributed by atoms with E-state index in [1.165, 1.54) is 16.9 Å². The lowest BCUT2D eigenvalue weighted by Crippen LogP contribution is -2.21. The molecule has 0 aliphatic heterocycles. The quantitative estimate of drug-likeness (QED) is 0.399. The van der Waals surface area contributed by atoms with Crippen molar-refractivity contribution in [2.75, 3.05) is 18.5 Å². The number of amides is 1. The Kier molecular flexibility index (Phi) is 7.65. The van der Waals surface area contributed by atoms with E-state index in [0.717, 1.165) is 22.0 Å². The number of para-hydroxylation sites is 1. The van der Waals surface area contributed by atoms with Gasteiger partial charge in [-0.3, -0.25) is 4.79 Å². The molecule has 0 atom stereocenters. The number of hydrogen-bond acceptors (Lipinski definition) is 5. The monoisotopic (exact) mass is 487 g/mol. The Balaban J connectivity index is 1.81. The number of aryl methyl sites for hydroxylation is 1. The zero-order valence-corrected chi connectivity index (χ0v) is 19.1. The van der Waals surface area contributed by atoms with Crippen LogP contribution in [0.25, 0.3) is 11.1 Å². The van der Waals surface area contributed by atoms with E-state index in [9.17, 15) is 9.59 Å². The molecule has 0 spiro atoms. The van der Waals surface area contributed by atoms with E-state index in [1.54, 1.807) is 13.0 Å². The van der Waals surface area contributed by atoms with Crippen LogP contribution >= 0.6 is 27.3 Å². The molecule has 156 valence electrons. The number of anilines is 1. The van der Waals surface area contributed by atoms with E-state index in [4.69, 9.17) is 9.47 Å². The lowest BCUT2D eigenvalue weighted by molar-refractivity contribution is -0.118. The first kappa shape index (κ1) is 22.1. The summed E-state index contributed by atoms with van der Waals surface area (Å²) in [5.74, 6) is -0.248. The van der Waals surface area contributed by atoms with Gasteiger partial charge in [-0.15, -0.1) is 11.3 Å². The number of thiophene rings is 1. The van der Waals surface area contributed by atoms with Gasteiger partial charge in [0.25, 0.3) is 5.91 Å². The van der Waals surface area contributed by atoms with Gasteiger partial charge in [0.05, 0.1) is 11.1 Å². The summed E-state index contributed by atoms with van der Waals surface area (Å²) in [6.45, 7) is 3.92. The molecule has 1 N–H and O–H groups in total. The minimum atomic E-state index is -0.463. The highest BCUT2D eigenvalue weighted by molar-refractivity contribution is 9.10. The van der Waals surface area contributed by atoms with Crippen molar-refractivity contribution in [2.24, 2.45) is 0 Å². The number of carbonyl (C=O) groups excluding carboxylic acids is 2. The summed E-state index contributed by atoms with van der Waals surface area (Å²) < 4.78 is 11.6. The summed E-state index contributed by atoms with van der Waals surface area (Å²) in [5.41, 5.74) is 3.21. The number of ether oxygens (including phenoxy) is 2. The van der Waals surface area contributed by atoms with Crippen LogP contribution in [0.15, 0.2) is 58.4 Å². The van der Waals surface area contributed by atoms with Crippen molar-refractivity contribution in [1.29, 1.82) is 0 Å². The fraction of sp³-hybridized carbons (Fsp3) is 0.217. The second kappa shape index (κ2) is 10.4. The third-order valence-electron chi connectivity index (χ3n) is 4.39. The Morgan fingerprint density at radius 1 is 1.07 bits per heavy atom. The first-order valence-electron chi connectivity index (χ1n) is 9.58. The van der Waals surface area contributed by atoms with Crippen LogP contribution in [0.4, 0.5) is 5.00 Å². The van der Waals surface area contributed by atoms with Crippen molar-refractivity contribution in [2.45, 2.75) is 20.3 Å². The predicted octanol–water partition coefficient (Wildman–Crippen LogP) is 5.93. The summed E-state index contributed by atoms with van der Waals surface area (Å²) in [6.07, 6.45) is 0.938. The van der Waals surface area contributed by atoms with Crippen molar-refractivity contribution in [3.63, 3.8) is 0 Å². The maximum atomic E-state index is 12.6. The van der Waals surface area contributed by atoms with E-state index >= 15 is 0 Å². The van der Waals surface area contributed by atoms with Gasteiger partial charge < -0.3 is 14.8 Å². The van der Waals surface area contributed by atoms with E-state index in [-0.39, 0.29) is 19.1 Å². The molecule has 1 amide bonds. The number of nitrogens with one attached hydrogen (secondary N) is 1. The zero-order chi connectivity index (χ0) is 21.5. The fourth-order valence-electron chi connectivity index (χ4n) is 2.86. The van der Waals surface area contributed by atoms with Gasteiger partial charge in [-0.2, -0.15) is 0 Å². The van der Waals surface area contributed by atoms with Crippen molar-refractivity contribution in [3.05, 3.63) is 69.5 Å². The molecule has 1 aromatic heterocycles. The molecule has 30 heavy (non-hydrogen) atoms. The van der Waals surface area contributed by atoms with Gasteiger partial charge in [-0.1, -0.05) is 43.3 Å². The predicted molar refractivity (Wildman–Crippen MR) is 123 cm³/mol. The standard InChI is InChI=1S/C23H22BrNO4S/c1-3-15-9-11-16(12-10-15)17-14-30-22(21(17)23(27)28-4-2)25-20(26)13-29-19-8-6-5-7-18(19)24/h5-12,14H,3-4,13H2,1-2H3,(H,25,26). The number of carbonyl (C=O) groups is 2. The molecule has 3 aromatic rings. The molecular weight excluding hydrogens is 466 g/mol. The van der Waals surface area contributed by atoms with E-state index < -0.39 is 5.97 Å². The van der Waals surface area contributed by atoms with Crippen molar-refractivity contribution in [3.8, 4) is 16.9 Å².